The van der Waals surface area contributed by atoms with Crippen molar-refractivity contribution in [2.75, 3.05) is 19.6 Å². The van der Waals surface area contributed by atoms with Crippen LogP contribution in [0, 0.1) is 5.41 Å². The van der Waals surface area contributed by atoms with Crippen LogP contribution in [0.3, 0.4) is 0 Å². The van der Waals surface area contributed by atoms with E-state index in [4.69, 9.17) is 0 Å². The van der Waals surface area contributed by atoms with Crippen LogP contribution in [0.2, 0.25) is 0 Å². The second kappa shape index (κ2) is 15.1. The van der Waals surface area contributed by atoms with E-state index >= 15 is 0 Å². The van der Waals surface area contributed by atoms with Crippen LogP contribution in [-0.2, 0) is 27.3 Å². The van der Waals surface area contributed by atoms with Gasteiger partial charge >= 0.3 is 0 Å². The summed E-state index contributed by atoms with van der Waals surface area (Å²) >= 11 is 0. The minimum absolute atomic E-state index is 0. The van der Waals surface area contributed by atoms with Crippen molar-refractivity contribution >= 4 is 40.9 Å². The van der Waals surface area contributed by atoms with E-state index in [1.54, 1.807) is 17.3 Å². The molecule has 1 saturated heterocycles. The standard InChI is InChI=1S/C32H41N5O4.ClH/c1-32(2,3)31(41)37-15-7-11-28(37)30(40)36-27(17-22-12-13-24-9-4-5-10-25(24)16-22)29(39)35-21-26(38)20-34-19-23-8-6-14-33-18-23;/h4-6,8-10,12-14,16,18,26-28,34,38H,7,11,15,17,19-21H2,1-3H3,(H,35,39)(H,36,40);1H/t26?,27-,28+;/m1./s1. The molecular formula is C32H42ClN5O4. The monoisotopic (exact) mass is 595 g/mol. The van der Waals surface area contributed by atoms with Crippen LogP contribution >= 0.6 is 12.4 Å². The largest absolute Gasteiger partial charge is 0.390 e. The van der Waals surface area contributed by atoms with Gasteiger partial charge in [-0.2, -0.15) is 0 Å². The molecule has 0 spiro atoms. The zero-order chi connectivity index (χ0) is 29.4. The highest BCUT2D eigenvalue weighted by atomic mass is 35.5. The van der Waals surface area contributed by atoms with Gasteiger partial charge in [-0.25, -0.2) is 0 Å². The molecule has 1 aromatic heterocycles. The molecule has 0 saturated carbocycles. The number of hydrogen-bond acceptors (Lipinski definition) is 6. The molecule has 3 aromatic rings. The highest BCUT2D eigenvalue weighted by Gasteiger charge is 2.39. The molecule has 226 valence electrons. The lowest BCUT2D eigenvalue weighted by Crippen LogP contribution is -2.55. The molecule has 3 atom stereocenters. The van der Waals surface area contributed by atoms with E-state index in [0.29, 0.717) is 19.5 Å². The topological polar surface area (TPSA) is 124 Å². The number of nitrogens with one attached hydrogen (secondary N) is 3. The lowest BCUT2D eigenvalue weighted by atomic mass is 9.94. The molecule has 42 heavy (non-hydrogen) atoms. The molecule has 9 nitrogen and oxygen atoms in total. The van der Waals surface area contributed by atoms with Crippen molar-refractivity contribution in [3.8, 4) is 0 Å². The highest BCUT2D eigenvalue weighted by Crippen LogP contribution is 2.26. The number of aliphatic hydroxyl groups excluding tert-OH is 1. The van der Waals surface area contributed by atoms with E-state index in [2.05, 4.69) is 20.9 Å². The van der Waals surface area contributed by atoms with Crippen molar-refractivity contribution in [2.45, 2.75) is 64.8 Å². The van der Waals surface area contributed by atoms with Gasteiger partial charge in [0.2, 0.25) is 17.7 Å². The van der Waals surface area contributed by atoms with E-state index in [1.807, 2.05) is 75.4 Å². The SMILES string of the molecule is CC(C)(C)C(=O)N1CCC[C@H]1C(=O)N[C@H](Cc1ccc2ccccc2c1)C(=O)NCC(O)CNCc1cccnc1.Cl. The summed E-state index contributed by atoms with van der Waals surface area (Å²) in [5.74, 6) is -0.795. The van der Waals surface area contributed by atoms with Crippen molar-refractivity contribution in [1.29, 1.82) is 0 Å². The van der Waals surface area contributed by atoms with Crippen molar-refractivity contribution in [1.82, 2.24) is 25.8 Å². The second-order valence-corrected chi connectivity index (χ2v) is 11.7. The number of carbonyl (C=O) groups excluding carboxylic acids is 3. The minimum Gasteiger partial charge on any atom is -0.390 e. The lowest BCUT2D eigenvalue weighted by molar-refractivity contribution is -0.145. The van der Waals surface area contributed by atoms with E-state index in [-0.39, 0.29) is 49.6 Å². The number of pyridine rings is 1. The van der Waals surface area contributed by atoms with Crippen LogP contribution < -0.4 is 16.0 Å². The number of carbonyl (C=O) groups is 3. The van der Waals surface area contributed by atoms with Gasteiger partial charge in [-0.15, -0.1) is 12.4 Å². The number of aliphatic hydroxyl groups is 1. The fourth-order valence-electron chi connectivity index (χ4n) is 5.09. The summed E-state index contributed by atoms with van der Waals surface area (Å²) in [4.78, 5) is 45.6. The van der Waals surface area contributed by atoms with Crippen LogP contribution in [0.25, 0.3) is 10.8 Å². The Balaban J connectivity index is 0.00000484. The average Bonchev–Trinajstić information content (AvgIpc) is 3.45. The average molecular weight is 596 g/mol. The number of rotatable bonds is 11. The number of amides is 3. The van der Waals surface area contributed by atoms with Gasteiger partial charge in [-0.3, -0.25) is 19.4 Å². The number of hydrogen-bond donors (Lipinski definition) is 4. The summed E-state index contributed by atoms with van der Waals surface area (Å²) in [5.41, 5.74) is 1.29. The molecule has 0 radical (unpaired) electrons. The van der Waals surface area contributed by atoms with Gasteiger partial charge in [-0.1, -0.05) is 69.3 Å². The van der Waals surface area contributed by atoms with Gasteiger partial charge in [0.15, 0.2) is 0 Å². The number of halogens is 1. The van der Waals surface area contributed by atoms with E-state index in [1.165, 1.54) is 0 Å². The predicted molar refractivity (Wildman–Crippen MR) is 166 cm³/mol. The van der Waals surface area contributed by atoms with Gasteiger partial charge in [0.25, 0.3) is 0 Å². The normalized spacial score (nSPS) is 16.4. The molecule has 0 bridgehead atoms. The Labute approximate surface area is 253 Å². The van der Waals surface area contributed by atoms with Crippen molar-refractivity contribution in [2.24, 2.45) is 5.41 Å². The molecule has 10 heteroatoms. The number of likely N-dealkylation sites (tertiary alicyclic amines) is 1. The van der Waals surface area contributed by atoms with Gasteiger partial charge in [-0.05, 0) is 40.8 Å². The zero-order valence-corrected chi connectivity index (χ0v) is 25.3. The third-order valence-corrected chi connectivity index (χ3v) is 7.29. The number of aromatic nitrogens is 1. The fraction of sp³-hybridized carbons (Fsp3) is 0.438. The molecule has 4 rings (SSSR count). The van der Waals surface area contributed by atoms with Gasteiger partial charge in [0, 0.05) is 50.4 Å². The maximum atomic E-state index is 13.5. The van der Waals surface area contributed by atoms with E-state index < -0.39 is 23.6 Å². The minimum atomic E-state index is -0.869. The summed E-state index contributed by atoms with van der Waals surface area (Å²) in [6.45, 7) is 6.91. The Morgan fingerprint density at radius 1 is 1.02 bits per heavy atom. The molecular weight excluding hydrogens is 554 g/mol. The smallest absolute Gasteiger partial charge is 0.243 e. The van der Waals surface area contributed by atoms with E-state index in [9.17, 15) is 19.5 Å². The van der Waals surface area contributed by atoms with Gasteiger partial charge in [0.1, 0.15) is 12.1 Å². The van der Waals surface area contributed by atoms with Crippen LogP contribution in [-0.4, -0.2) is 70.5 Å². The molecule has 3 amide bonds. The van der Waals surface area contributed by atoms with Crippen LogP contribution in [0.1, 0.15) is 44.7 Å². The first kappa shape index (κ1) is 33.0. The quantitative estimate of drug-likeness (QED) is 0.270. The maximum absolute atomic E-state index is 13.5. The molecule has 2 heterocycles. The first-order valence-corrected chi connectivity index (χ1v) is 14.3. The Bertz CT molecular complexity index is 1350. The number of fused-ring (bicyclic) bond motifs is 1. The van der Waals surface area contributed by atoms with Crippen molar-refractivity contribution in [3.05, 3.63) is 78.1 Å². The van der Waals surface area contributed by atoms with Crippen molar-refractivity contribution in [3.63, 3.8) is 0 Å². The Morgan fingerprint density at radius 3 is 2.50 bits per heavy atom. The second-order valence-electron chi connectivity index (χ2n) is 11.7. The molecule has 1 fully saturated rings. The Morgan fingerprint density at radius 2 is 1.79 bits per heavy atom. The van der Waals surface area contributed by atoms with Crippen LogP contribution in [0.4, 0.5) is 0 Å². The first-order valence-electron chi connectivity index (χ1n) is 14.3. The molecule has 2 aromatic carbocycles. The van der Waals surface area contributed by atoms with Crippen LogP contribution in [0.15, 0.2) is 67.0 Å². The Hall–Kier alpha value is -3.53. The maximum Gasteiger partial charge on any atom is 0.243 e. The molecule has 1 aliphatic rings. The molecule has 1 aliphatic heterocycles. The molecule has 0 aliphatic carbocycles. The van der Waals surface area contributed by atoms with Gasteiger partial charge in [0.05, 0.1) is 6.10 Å². The summed E-state index contributed by atoms with van der Waals surface area (Å²) in [6.07, 6.45) is 4.20. The Kier molecular flexibility index (Phi) is 11.8. The third-order valence-electron chi connectivity index (χ3n) is 7.29. The summed E-state index contributed by atoms with van der Waals surface area (Å²) < 4.78 is 0. The fourth-order valence-corrected chi connectivity index (χ4v) is 5.09. The zero-order valence-electron chi connectivity index (χ0n) is 24.5. The molecule has 4 N–H and O–H groups in total. The van der Waals surface area contributed by atoms with E-state index in [0.717, 1.165) is 28.3 Å². The summed E-state index contributed by atoms with van der Waals surface area (Å²) in [5, 5.41) is 21.5. The summed E-state index contributed by atoms with van der Waals surface area (Å²) in [6, 6.07) is 16.2. The molecule has 1 unspecified atom stereocenters. The first-order chi connectivity index (χ1) is 19.6. The van der Waals surface area contributed by atoms with Gasteiger partial charge < -0.3 is 26.0 Å². The predicted octanol–water partition coefficient (Wildman–Crippen LogP) is 2.99. The van der Waals surface area contributed by atoms with Crippen molar-refractivity contribution < 1.29 is 19.5 Å². The lowest BCUT2D eigenvalue weighted by Gasteiger charge is -2.31. The number of benzene rings is 2. The summed E-state index contributed by atoms with van der Waals surface area (Å²) in [7, 11) is 0. The highest BCUT2D eigenvalue weighted by molar-refractivity contribution is 5.93. The number of nitrogens with zero attached hydrogens (tertiary/aromatic N) is 2. The van der Waals surface area contributed by atoms with Crippen LogP contribution in [0.5, 0.6) is 0 Å². The third kappa shape index (κ3) is 8.98.